The average molecular weight is 479 g/mol. The number of piperidine rings is 1. The van der Waals surface area contributed by atoms with Crippen molar-refractivity contribution < 1.29 is 26.7 Å². The van der Waals surface area contributed by atoms with Crippen molar-refractivity contribution in [2.75, 3.05) is 13.1 Å². The molecule has 1 saturated carbocycles. The first-order chi connectivity index (χ1) is 15.8. The highest BCUT2D eigenvalue weighted by Gasteiger charge is 2.33. The van der Waals surface area contributed by atoms with Gasteiger partial charge in [0, 0.05) is 31.1 Å². The maximum absolute atomic E-state index is 14.0. The first kappa shape index (κ1) is 23.6. The molecule has 1 aliphatic carbocycles. The third kappa shape index (κ3) is 5.52. The number of rotatable bonds is 7. The van der Waals surface area contributed by atoms with E-state index in [0.29, 0.717) is 25.5 Å². The van der Waals surface area contributed by atoms with Crippen molar-refractivity contribution in [2.24, 2.45) is 5.92 Å². The molecule has 2 aromatic rings. The number of carbonyl (C=O) groups is 1. The molecule has 178 valence electrons. The molecule has 1 amide bonds. The lowest BCUT2D eigenvalue weighted by atomic mass is 9.97. The van der Waals surface area contributed by atoms with Crippen LogP contribution in [0.25, 0.3) is 0 Å². The smallest absolute Gasteiger partial charge is 0.246 e. The van der Waals surface area contributed by atoms with Crippen molar-refractivity contribution in [1.29, 1.82) is 0 Å². The van der Waals surface area contributed by atoms with Crippen molar-refractivity contribution in [2.45, 2.75) is 56.1 Å². The van der Waals surface area contributed by atoms with Crippen LogP contribution in [0.2, 0.25) is 0 Å². The van der Waals surface area contributed by atoms with E-state index >= 15 is 0 Å². The molecule has 2 aromatic carbocycles. The lowest BCUT2D eigenvalue weighted by Crippen LogP contribution is -2.43. The number of hydrogen-bond donors (Lipinski definition) is 1. The van der Waals surface area contributed by atoms with Gasteiger partial charge in [0.15, 0.2) is 0 Å². The Kier molecular flexibility index (Phi) is 7.29. The molecule has 9 heteroatoms. The Balaban J connectivity index is 1.32. The summed E-state index contributed by atoms with van der Waals surface area (Å²) in [6.07, 6.45) is 5.26. The third-order valence-corrected chi connectivity index (χ3v) is 8.27. The second kappa shape index (κ2) is 10.2. The topological polar surface area (TPSA) is 75.7 Å². The van der Waals surface area contributed by atoms with Crippen molar-refractivity contribution in [3.8, 4) is 5.75 Å². The largest absolute Gasteiger partial charge is 0.490 e. The maximum atomic E-state index is 14.0. The number of para-hydroxylation sites is 1. The summed E-state index contributed by atoms with van der Waals surface area (Å²) in [5, 5.41) is 2.94. The van der Waals surface area contributed by atoms with E-state index in [1.54, 1.807) is 0 Å². The van der Waals surface area contributed by atoms with E-state index in [2.05, 4.69) is 5.32 Å². The van der Waals surface area contributed by atoms with Gasteiger partial charge < -0.3 is 10.1 Å². The zero-order valence-electron chi connectivity index (χ0n) is 18.3. The number of nitrogens with zero attached hydrogens (tertiary/aromatic N) is 1. The van der Waals surface area contributed by atoms with E-state index in [-0.39, 0.29) is 31.0 Å². The molecule has 0 bridgehead atoms. The Morgan fingerprint density at radius 3 is 2.45 bits per heavy atom. The number of nitrogens with one attached hydrogen (secondary N) is 1. The number of sulfonamides is 1. The van der Waals surface area contributed by atoms with Gasteiger partial charge in [-0.3, -0.25) is 4.79 Å². The van der Waals surface area contributed by atoms with Crippen LogP contribution in [-0.2, 0) is 21.4 Å². The summed E-state index contributed by atoms with van der Waals surface area (Å²) < 4.78 is 60.2. The highest BCUT2D eigenvalue weighted by molar-refractivity contribution is 7.89. The summed E-state index contributed by atoms with van der Waals surface area (Å²) in [5.41, 5.74) is 0.902. The van der Waals surface area contributed by atoms with Gasteiger partial charge >= 0.3 is 0 Å². The van der Waals surface area contributed by atoms with Gasteiger partial charge in [-0.1, -0.05) is 18.2 Å². The van der Waals surface area contributed by atoms with Crippen LogP contribution in [-0.4, -0.2) is 37.8 Å². The minimum atomic E-state index is -4.17. The SMILES string of the molecule is O=C(NCc1ccccc1OC1CCCC1)C1CCN(S(=O)(=O)c2cc(F)ccc2F)CC1. The Labute approximate surface area is 193 Å². The fourth-order valence-corrected chi connectivity index (χ4v) is 6.00. The fraction of sp³-hybridized carbons (Fsp3) is 0.458. The molecule has 0 spiro atoms. The van der Waals surface area contributed by atoms with Gasteiger partial charge in [0.05, 0.1) is 6.10 Å². The van der Waals surface area contributed by atoms with Crippen LogP contribution < -0.4 is 10.1 Å². The van der Waals surface area contributed by atoms with Crippen LogP contribution in [0.5, 0.6) is 5.75 Å². The van der Waals surface area contributed by atoms with Gasteiger partial charge in [-0.2, -0.15) is 4.31 Å². The van der Waals surface area contributed by atoms with Gasteiger partial charge in [-0.05, 0) is 62.8 Å². The lowest BCUT2D eigenvalue weighted by molar-refractivity contribution is -0.126. The van der Waals surface area contributed by atoms with Crippen LogP contribution in [0.3, 0.4) is 0 Å². The van der Waals surface area contributed by atoms with Crippen molar-refractivity contribution in [3.05, 3.63) is 59.7 Å². The highest BCUT2D eigenvalue weighted by atomic mass is 32.2. The van der Waals surface area contributed by atoms with Crippen LogP contribution in [0.1, 0.15) is 44.1 Å². The minimum Gasteiger partial charge on any atom is -0.490 e. The molecule has 1 N–H and O–H groups in total. The number of hydrogen-bond acceptors (Lipinski definition) is 4. The molecule has 0 atom stereocenters. The normalized spacial score (nSPS) is 18.4. The molecule has 33 heavy (non-hydrogen) atoms. The summed E-state index contributed by atoms with van der Waals surface area (Å²) in [6, 6.07) is 10.0. The Morgan fingerprint density at radius 1 is 1.03 bits per heavy atom. The lowest BCUT2D eigenvalue weighted by Gasteiger charge is -2.30. The molecule has 1 heterocycles. The Bertz CT molecular complexity index is 1100. The highest BCUT2D eigenvalue weighted by Crippen LogP contribution is 2.28. The number of carbonyl (C=O) groups excluding carboxylic acids is 1. The van der Waals surface area contributed by atoms with E-state index in [4.69, 9.17) is 4.74 Å². The number of ether oxygens (including phenoxy) is 1. The van der Waals surface area contributed by atoms with Crippen molar-refractivity contribution in [1.82, 2.24) is 9.62 Å². The molecule has 6 nitrogen and oxygen atoms in total. The molecule has 4 rings (SSSR count). The zero-order valence-corrected chi connectivity index (χ0v) is 19.1. The van der Waals surface area contributed by atoms with Gasteiger partial charge in [0.25, 0.3) is 0 Å². The molecule has 1 saturated heterocycles. The van der Waals surface area contributed by atoms with Gasteiger partial charge in [-0.25, -0.2) is 17.2 Å². The first-order valence-electron chi connectivity index (χ1n) is 11.3. The molecule has 0 radical (unpaired) electrons. The summed E-state index contributed by atoms with van der Waals surface area (Å²) in [7, 11) is -4.17. The third-order valence-electron chi connectivity index (χ3n) is 6.36. The van der Waals surface area contributed by atoms with E-state index in [1.165, 1.54) is 12.8 Å². The summed E-state index contributed by atoms with van der Waals surface area (Å²) in [4.78, 5) is 12.0. The number of halogens is 2. The van der Waals surface area contributed by atoms with E-state index in [9.17, 15) is 22.0 Å². The maximum Gasteiger partial charge on any atom is 0.246 e. The van der Waals surface area contributed by atoms with Gasteiger partial charge in [-0.15, -0.1) is 0 Å². The van der Waals surface area contributed by atoms with E-state index in [0.717, 1.165) is 40.6 Å². The first-order valence-corrected chi connectivity index (χ1v) is 12.8. The molecule has 0 unspecified atom stereocenters. The average Bonchev–Trinajstić information content (AvgIpc) is 3.33. The molecule has 0 aromatic heterocycles. The second-order valence-corrected chi connectivity index (χ2v) is 10.5. The molecule has 1 aliphatic heterocycles. The molecular weight excluding hydrogens is 450 g/mol. The standard InChI is InChI=1S/C24H28F2N2O4S/c25-19-9-10-21(26)23(15-19)33(30,31)28-13-11-17(12-14-28)24(29)27-16-18-5-1-4-8-22(18)32-20-6-2-3-7-20/h1,4-5,8-10,15,17,20H,2-3,6-7,11-14,16H2,(H,27,29). The van der Waals surface area contributed by atoms with Crippen LogP contribution >= 0.6 is 0 Å². The predicted molar refractivity (Wildman–Crippen MR) is 119 cm³/mol. The summed E-state index contributed by atoms with van der Waals surface area (Å²) >= 11 is 0. The molecule has 2 fully saturated rings. The van der Waals surface area contributed by atoms with Crippen molar-refractivity contribution in [3.63, 3.8) is 0 Å². The van der Waals surface area contributed by atoms with Gasteiger partial charge in [0.1, 0.15) is 22.3 Å². The minimum absolute atomic E-state index is 0.0672. The quantitative estimate of drug-likeness (QED) is 0.653. The second-order valence-electron chi connectivity index (χ2n) is 8.60. The molecular formula is C24H28F2N2O4S. The zero-order chi connectivity index (χ0) is 23.4. The summed E-state index contributed by atoms with van der Waals surface area (Å²) in [6.45, 7) is 0.463. The Morgan fingerprint density at radius 2 is 1.73 bits per heavy atom. The Hall–Kier alpha value is -2.52. The molecule has 2 aliphatic rings. The fourth-order valence-electron chi connectivity index (χ4n) is 4.45. The van der Waals surface area contributed by atoms with E-state index in [1.807, 2.05) is 24.3 Å². The monoisotopic (exact) mass is 478 g/mol. The van der Waals surface area contributed by atoms with Gasteiger partial charge in [0.2, 0.25) is 15.9 Å². The summed E-state index contributed by atoms with van der Waals surface area (Å²) in [5.74, 6) is -1.53. The number of benzene rings is 2. The van der Waals surface area contributed by atoms with E-state index < -0.39 is 26.6 Å². The van der Waals surface area contributed by atoms with Crippen molar-refractivity contribution >= 4 is 15.9 Å². The number of amides is 1. The van der Waals surface area contributed by atoms with Crippen LogP contribution in [0, 0.1) is 17.6 Å². The predicted octanol–water partition coefficient (Wildman–Crippen LogP) is 4.00. The van der Waals surface area contributed by atoms with Crippen LogP contribution in [0.4, 0.5) is 8.78 Å². The van der Waals surface area contributed by atoms with Crippen LogP contribution in [0.15, 0.2) is 47.4 Å².